The molecule has 3 N–H and O–H groups in total. The number of primary amides is 1. The van der Waals surface area contributed by atoms with Crippen LogP contribution in [0.1, 0.15) is 19.3 Å². The van der Waals surface area contributed by atoms with Crippen molar-refractivity contribution in [1.82, 2.24) is 0 Å². The van der Waals surface area contributed by atoms with Crippen molar-refractivity contribution in [1.29, 1.82) is 0 Å². The molecule has 0 aromatic rings. The zero-order valence-electron chi connectivity index (χ0n) is 8.43. The lowest BCUT2D eigenvalue weighted by Gasteiger charge is -2.16. The first-order valence-corrected chi connectivity index (χ1v) is 5.92. The highest BCUT2D eigenvalue weighted by Gasteiger charge is 2.35. The minimum absolute atomic E-state index is 0.120. The highest BCUT2D eigenvalue weighted by atomic mass is 32.3. The first-order valence-electron chi connectivity index (χ1n) is 4.58. The number of nitrogens with one attached hydrogen (secondary N) is 1. The number of carbonyl (C=O) groups is 1. The van der Waals surface area contributed by atoms with E-state index in [1.165, 1.54) is 0 Å². The SMILES string of the molecule is COS(=O)(=O)O[NH+]1CCCC1CC(N)=O. The third-order valence-corrected chi connectivity index (χ3v) is 3.12. The molecule has 2 atom stereocenters. The largest absolute Gasteiger partial charge is 0.444 e. The maximum atomic E-state index is 11.0. The fourth-order valence-corrected chi connectivity index (χ4v) is 2.17. The fourth-order valence-electron chi connectivity index (χ4n) is 1.62. The van der Waals surface area contributed by atoms with Gasteiger partial charge in [0, 0.05) is 12.8 Å². The molecular formula is C7H15N2O5S+. The minimum Gasteiger partial charge on any atom is -0.369 e. The van der Waals surface area contributed by atoms with E-state index in [1.54, 1.807) is 0 Å². The van der Waals surface area contributed by atoms with Crippen molar-refractivity contribution in [2.75, 3.05) is 13.7 Å². The number of nitrogens with two attached hydrogens (primary N) is 1. The second kappa shape index (κ2) is 4.88. The van der Waals surface area contributed by atoms with Crippen LogP contribution in [0.25, 0.3) is 0 Å². The molecule has 15 heavy (non-hydrogen) atoms. The van der Waals surface area contributed by atoms with Gasteiger partial charge in [-0.2, -0.15) is 13.5 Å². The second-order valence-corrected chi connectivity index (χ2v) is 4.70. The van der Waals surface area contributed by atoms with E-state index in [9.17, 15) is 13.2 Å². The van der Waals surface area contributed by atoms with Gasteiger partial charge in [0.05, 0.1) is 13.5 Å². The zero-order valence-corrected chi connectivity index (χ0v) is 9.25. The number of carbonyl (C=O) groups excluding carboxylic acids is 1. The van der Waals surface area contributed by atoms with Crippen LogP contribution in [0, 0.1) is 0 Å². The van der Waals surface area contributed by atoms with Gasteiger partial charge in [0.25, 0.3) is 0 Å². The quantitative estimate of drug-likeness (QED) is 0.563. The van der Waals surface area contributed by atoms with Crippen LogP contribution in [0.3, 0.4) is 0 Å². The summed E-state index contributed by atoms with van der Waals surface area (Å²) in [7, 11) is -2.94. The topological polar surface area (TPSA) is 100 Å². The molecule has 0 bridgehead atoms. The summed E-state index contributed by atoms with van der Waals surface area (Å²) in [5.74, 6) is -0.460. The summed E-state index contributed by atoms with van der Waals surface area (Å²) in [6.07, 6.45) is 1.64. The van der Waals surface area contributed by atoms with E-state index in [0.717, 1.165) is 20.0 Å². The van der Waals surface area contributed by atoms with Gasteiger partial charge in [-0.3, -0.25) is 4.79 Å². The monoisotopic (exact) mass is 239 g/mol. The first kappa shape index (κ1) is 12.4. The van der Waals surface area contributed by atoms with Gasteiger partial charge in [-0.25, -0.2) is 4.18 Å². The number of hydrogen-bond donors (Lipinski definition) is 2. The molecule has 1 saturated heterocycles. The second-order valence-electron chi connectivity index (χ2n) is 3.38. The van der Waals surface area contributed by atoms with Crippen molar-refractivity contribution in [3.05, 3.63) is 0 Å². The van der Waals surface area contributed by atoms with Crippen molar-refractivity contribution < 1.29 is 26.7 Å². The molecule has 1 aliphatic heterocycles. The van der Waals surface area contributed by atoms with Crippen LogP contribution in [0.2, 0.25) is 0 Å². The molecule has 2 unspecified atom stereocenters. The maximum absolute atomic E-state index is 11.0. The lowest BCUT2D eigenvalue weighted by molar-refractivity contribution is -1.07. The first-order chi connectivity index (χ1) is 6.94. The van der Waals surface area contributed by atoms with Crippen LogP contribution in [0.4, 0.5) is 0 Å². The van der Waals surface area contributed by atoms with Crippen molar-refractivity contribution >= 4 is 16.3 Å². The van der Waals surface area contributed by atoms with Gasteiger partial charge in [-0.1, -0.05) is 0 Å². The van der Waals surface area contributed by atoms with Gasteiger partial charge >= 0.3 is 10.4 Å². The summed E-state index contributed by atoms with van der Waals surface area (Å²) in [5.41, 5.74) is 5.04. The van der Waals surface area contributed by atoms with Gasteiger partial charge in [0.1, 0.15) is 12.6 Å². The normalized spacial score (nSPS) is 26.7. The number of hydrogen-bond acceptors (Lipinski definition) is 5. The minimum atomic E-state index is -3.96. The summed E-state index contributed by atoms with van der Waals surface area (Å²) in [5, 5.41) is 0.371. The summed E-state index contributed by atoms with van der Waals surface area (Å²) in [6.45, 7) is 0.528. The Bertz CT molecular complexity index is 328. The molecule has 1 heterocycles. The predicted octanol–water partition coefficient (Wildman–Crippen LogP) is -2.27. The van der Waals surface area contributed by atoms with Gasteiger partial charge in [0.15, 0.2) is 0 Å². The molecule has 1 aliphatic rings. The number of amides is 1. The zero-order chi connectivity index (χ0) is 11.5. The third-order valence-electron chi connectivity index (χ3n) is 2.29. The van der Waals surface area contributed by atoms with E-state index in [4.69, 9.17) is 10.0 Å². The van der Waals surface area contributed by atoms with E-state index >= 15 is 0 Å². The molecule has 0 saturated carbocycles. The Kier molecular flexibility index (Phi) is 4.03. The molecule has 1 rings (SSSR count). The Labute approximate surface area is 88.4 Å². The molecule has 7 nitrogen and oxygen atoms in total. The highest BCUT2D eigenvalue weighted by Crippen LogP contribution is 2.04. The van der Waals surface area contributed by atoms with Gasteiger partial charge < -0.3 is 5.73 Å². The van der Waals surface area contributed by atoms with Crippen LogP contribution < -0.4 is 10.8 Å². The standard InChI is InChI=1S/C7H14N2O5S/c1-13-15(11,12)14-9-4-2-3-6(9)5-7(8)10/h6H,2-5H2,1H3,(H2,8,10)/p+1. The predicted molar refractivity (Wildman–Crippen MR) is 49.7 cm³/mol. The van der Waals surface area contributed by atoms with E-state index in [0.29, 0.717) is 11.6 Å². The number of rotatable bonds is 5. The lowest BCUT2D eigenvalue weighted by atomic mass is 10.1. The Hall–Kier alpha value is -0.700. The van der Waals surface area contributed by atoms with Crippen LogP contribution in [0.15, 0.2) is 0 Å². The van der Waals surface area contributed by atoms with Crippen LogP contribution in [-0.2, 0) is 23.7 Å². The van der Waals surface area contributed by atoms with E-state index in [2.05, 4.69) is 4.18 Å². The lowest BCUT2D eigenvalue weighted by Crippen LogP contribution is -3.13. The molecule has 8 heteroatoms. The van der Waals surface area contributed by atoms with Crippen LogP contribution >= 0.6 is 0 Å². The summed E-state index contributed by atoms with van der Waals surface area (Å²) in [4.78, 5) is 10.7. The average molecular weight is 239 g/mol. The Morgan fingerprint density at radius 2 is 2.27 bits per heavy atom. The van der Waals surface area contributed by atoms with Crippen molar-refractivity contribution in [3.63, 3.8) is 0 Å². The van der Waals surface area contributed by atoms with Crippen molar-refractivity contribution in [3.8, 4) is 0 Å². The molecule has 0 aromatic heterocycles. The Morgan fingerprint density at radius 3 is 2.80 bits per heavy atom. The third kappa shape index (κ3) is 3.74. The van der Waals surface area contributed by atoms with E-state index < -0.39 is 16.3 Å². The molecule has 0 aliphatic carbocycles. The summed E-state index contributed by atoms with van der Waals surface area (Å²) >= 11 is 0. The van der Waals surface area contributed by atoms with E-state index in [1.807, 2.05) is 0 Å². The van der Waals surface area contributed by atoms with E-state index in [-0.39, 0.29) is 12.5 Å². The molecule has 88 valence electrons. The van der Waals surface area contributed by atoms with Gasteiger partial charge in [-0.05, 0) is 4.28 Å². The smallest absolute Gasteiger partial charge is 0.369 e. The molecule has 0 aromatic carbocycles. The molecular weight excluding hydrogens is 224 g/mol. The summed E-state index contributed by atoms with van der Waals surface area (Å²) < 4.78 is 30.9. The number of hydroxylamine groups is 2. The van der Waals surface area contributed by atoms with Crippen LogP contribution in [-0.4, -0.2) is 34.0 Å². The van der Waals surface area contributed by atoms with Crippen molar-refractivity contribution in [2.45, 2.75) is 25.3 Å². The van der Waals surface area contributed by atoms with Gasteiger partial charge in [0.2, 0.25) is 5.91 Å². The molecule has 0 radical (unpaired) electrons. The summed E-state index contributed by atoms with van der Waals surface area (Å²) in [6, 6.07) is -0.201. The van der Waals surface area contributed by atoms with Crippen molar-refractivity contribution in [2.24, 2.45) is 5.73 Å². The molecule has 1 fully saturated rings. The molecule has 1 amide bonds. The van der Waals surface area contributed by atoms with Crippen LogP contribution in [0.5, 0.6) is 0 Å². The highest BCUT2D eigenvalue weighted by molar-refractivity contribution is 7.81. The van der Waals surface area contributed by atoms with Gasteiger partial charge in [-0.15, -0.1) is 0 Å². The fraction of sp³-hybridized carbons (Fsp3) is 0.857. The average Bonchev–Trinajstić information content (AvgIpc) is 2.51. The molecule has 0 spiro atoms. The Balaban J connectivity index is 2.57. The number of quaternary nitrogens is 1. The maximum Gasteiger partial charge on any atom is 0.444 e. The Morgan fingerprint density at radius 1 is 1.60 bits per heavy atom.